The number of carbonyl (C=O) groups excluding carboxylic acids is 2. The van der Waals surface area contributed by atoms with Crippen molar-refractivity contribution in [3.05, 3.63) is 90.0 Å². The largest absolute Gasteiger partial charge is 0.492 e. The maximum Gasteiger partial charge on any atom is 0.417 e. The lowest BCUT2D eigenvalue weighted by molar-refractivity contribution is -0.199. The van der Waals surface area contributed by atoms with Crippen molar-refractivity contribution in [2.75, 3.05) is 38.3 Å². The number of fused-ring (bicyclic) bond motifs is 1. The lowest BCUT2D eigenvalue weighted by atomic mass is 10.0. The molecule has 0 spiro atoms. The fraction of sp³-hybridized carbons (Fsp3) is 0.323. The molecule has 2 amide bonds. The topological polar surface area (TPSA) is 115 Å². The molecule has 2 heterocycles. The first-order valence-electron chi connectivity index (χ1n) is 13.8. The number of rotatable bonds is 12. The first-order valence-corrected chi connectivity index (χ1v) is 13.8. The second-order valence-corrected chi connectivity index (χ2v) is 10.2. The van der Waals surface area contributed by atoms with Crippen LogP contribution in [0.3, 0.4) is 0 Å². The molecule has 1 saturated heterocycles. The molecule has 1 aliphatic heterocycles. The molecule has 0 radical (unpaired) electrons. The molecule has 3 aromatic carbocycles. The first-order chi connectivity index (χ1) is 21.1. The van der Waals surface area contributed by atoms with Gasteiger partial charge in [-0.25, -0.2) is 9.69 Å². The van der Waals surface area contributed by atoms with Gasteiger partial charge in [-0.15, -0.1) is 0 Å². The predicted octanol–water partition coefficient (Wildman–Crippen LogP) is 4.91. The Morgan fingerprint density at radius 1 is 1.09 bits per heavy atom. The molecule has 1 fully saturated rings. The fourth-order valence-corrected chi connectivity index (χ4v) is 4.74. The number of hydrogen-bond donors (Lipinski definition) is 1. The number of oxazole rings is 1. The van der Waals surface area contributed by atoms with Crippen LogP contribution < -0.4 is 9.64 Å². The molecule has 0 saturated carbocycles. The number of para-hydroxylation sites is 2. The van der Waals surface area contributed by atoms with Crippen LogP contribution in [0.5, 0.6) is 5.75 Å². The molecule has 1 N–H and O–H groups in total. The number of ether oxygens (including phenoxy) is 3. The van der Waals surface area contributed by atoms with Gasteiger partial charge in [0, 0.05) is 7.05 Å². The Morgan fingerprint density at radius 3 is 2.50 bits per heavy atom. The molecule has 13 heteroatoms. The van der Waals surface area contributed by atoms with Gasteiger partial charge in [0.15, 0.2) is 11.7 Å². The zero-order valence-electron chi connectivity index (χ0n) is 23.6. The minimum Gasteiger partial charge on any atom is -0.492 e. The van der Waals surface area contributed by atoms with Gasteiger partial charge < -0.3 is 28.6 Å². The van der Waals surface area contributed by atoms with Gasteiger partial charge in [-0.3, -0.25) is 4.79 Å². The molecule has 3 atom stereocenters. The van der Waals surface area contributed by atoms with Crippen molar-refractivity contribution in [3.8, 4) is 5.75 Å². The SMILES string of the molecule is CN(CCOc1ccc([C@@H](O)[C@H](OCC(F)(F)F)C(=O)N2C(=O)OC[C@@H]2Cc2ccccc2)cc1)c1nc2ccccc2o1. The highest BCUT2D eigenvalue weighted by molar-refractivity contribution is 5.96. The molecule has 1 aromatic heterocycles. The van der Waals surface area contributed by atoms with Crippen LogP contribution in [0.1, 0.15) is 17.2 Å². The number of likely N-dealkylation sites (N-methyl/N-ethyl adjacent to an activating group) is 1. The van der Waals surface area contributed by atoms with Gasteiger partial charge in [-0.2, -0.15) is 18.2 Å². The van der Waals surface area contributed by atoms with E-state index in [2.05, 4.69) is 4.98 Å². The van der Waals surface area contributed by atoms with Gasteiger partial charge in [-0.1, -0.05) is 54.6 Å². The summed E-state index contributed by atoms with van der Waals surface area (Å²) in [5, 5.41) is 11.0. The fourth-order valence-electron chi connectivity index (χ4n) is 4.74. The van der Waals surface area contributed by atoms with Crippen LogP contribution in [-0.2, 0) is 20.7 Å². The van der Waals surface area contributed by atoms with Crippen molar-refractivity contribution in [1.82, 2.24) is 9.88 Å². The standard InChI is InChI=1S/C31H30F3N3O7/c1-36(29-35-24-9-5-6-10-25(24)44-29)15-16-41-23-13-11-21(12-14-23)26(38)27(43-19-31(32,33)34)28(39)37-22(18-42-30(37)40)17-20-7-3-2-4-8-20/h2-14,22,26-27,38H,15-19H2,1H3/t22-,26+,27-/m0/s1. The Kier molecular flexibility index (Phi) is 9.35. The summed E-state index contributed by atoms with van der Waals surface area (Å²) in [5.41, 5.74) is 2.27. The van der Waals surface area contributed by atoms with E-state index in [1.165, 1.54) is 24.3 Å². The average molecular weight is 614 g/mol. The molecule has 4 aromatic rings. The number of aliphatic hydroxyl groups is 1. The minimum absolute atomic E-state index is 0.0913. The third-order valence-corrected chi connectivity index (χ3v) is 7.00. The Balaban J connectivity index is 1.24. The summed E-state index contributed by atoms with van der Waals surface area (Å²) in [6, 6.07) is 21.8. The number of nitrogens with zero attached hydrogens (tertiary/aromatic N) is 3. The number of amides is 2. The van der Waals surface area contributed by atoms with E-state index in [1.807, 2.05) is 24.3 Å². The molecule has 1 aliphatic rings. The van der Waals surface area contributed by atoms with Crippen molar-refractivity contribution < 1.29 is 46.5 Å². The van der Waals surface area contributed by atoms with Crippen LogP contribution in [-0.4, -0.2) is 78.7 Å². The lowest BCUT2D eigenvalue weighted by Gasteiger charge is -2.28. The third kappa shape index (κ3) is 7.47. The molecular formula is C31H30F3N3O7. The van der Waals surface area contributed by atoms with Gasteiger partial charge >= 0.3 is 12.3 Å². The number of aromatic nitrogens is 1. The predicted molar refractivity (Wildman–Crippen MR) is 152 cm³/mol. The van der Waals surface area contributed by atoms with Crippen molar-refractivity contribution in [2.24, 2.45) is 0 Å². The number of cyclic esters (lactones) is 1. The van der Waals surface area contributed by atoms with Crippen molar-refractivity contribution in [1.29, 1.82) is 0 Å². The monoisotopic (exact) mass is 613 g/mol. The Bertz CT molecular complexity index is 1530. The molecule has 0 aliphatic carbocycles. The molecule has 0 bridgehead atoms. The number of carbonyl (C=O) groups is 2. The summed E-state index contributed by atoms with van der Waals surface area (Å²) < 4.78 is 60.7. The molecule has 44 heavy (non-hydrogen) atoms. The van der Waals surface area contributed by atoms with Crippen LogP contribution in [0.2, 0.25) is 0 Å². The summed E-state index contributed by atoms with van der Waals surface area (Å²) >= 11 is 0. The van der Waals surface area contributed by atoms with Gasteiger partial charge in [-0.05, 0) is 41.8 Å². The molecule has 5 rings (SSSR count). The van der Waals surface area contributed by atoms with Crippen molar-refractivity contribution >= 4 is 29.1 Å². The van der Waals surface area contributed by atoms with E-state index in [4.69, 9.17) is 18.6 Å². The maximum absolute atomic E-state index is 13.5. The van der Waals surface area contributed by atoms with E-state index in [-0.39, 0.29) is 25.2 Å². The highest BCUT2D eigenvalue weighted by atomic mass is 19.4. The van der Waals surface area contributed by atoms with Gasteiger partial charge in [0.2, 0.25) is 0 Å². The number of aliphatic hydroxyl groups excluding tert-OH is 1. The van der Waals surface area contributed by atoms with Crippen LogP contribution >= 0.6 is 0 Å². The quantitative estimate of drug-likeness (QED) is 0.238. The maximum atomic E-state index is 13.5. The normalized spacial score (nSPS) is 16.5. The smallest absolute Gasteiger partial charge is 0.417 e. The second-order valence-electron chi connectivity index (χ2n) is 10.2. The van der Waals surface area contributed by atoms with Crippen LogP contribution in [0, 0.1) is 0 Å². The van der Waals surface area contributed by atoms with Crippen molar-refractivity contribution in [3.63, 3.8) is 0 Å². The second kappa shape index (κ2) is 13.3. The van der Waals surface area contributed by atoms with Crippen molar-refractivity contribution in [2.45, 2.75) is 30.8 Å². The van der Waals surface area contributed by atoms with E-state index >= 15 is 0 Å². The van der Waals surface area contributed by atoms with Gasteiger partial charge in [0.1, 0.15) is 37.2 Å². The summed E-state index contributed by atoms with van der Waals surface area (Å²) in [5.74, 6) is -0.718. The highest BCUT2D eigenvalue weighted by Crippen LogP contribution is 2.29. The molecular weight excluding hydrogens is 583 g/mol. The zero-order chi connectivity index (χ0) is 31.3. The van der Waals surface area contributed by atoms with E-state index in [0.717, 1.165) is 16.0 Å². The Labute approximate surface area is 250 Å². The lowest BCUT2D eigenvalue weighted by Crippen LogP contribution is -2.49. The first kappa shape index (κ1) is 30.8. The number of halogens is 3. The summed E-state index contributed by atoms with van der Waals surface area (Å²) in [4.78, 5) is 32.9. The van der Waals surface area contributed by atoms with E-state index in [9.17, 15) is 27.9 Å². The van der Waals surface area contributed by atoms with Crippen LogP contribution in [0.15, 0.2) is 83.3 Å². The average Bonchev–Trinajstić information content (AvgIpc) is 3.60. The number of hydrogen-bond acceptors (Lipinski definition) is 9. The molecule has 232 valence electrons. The number of imide groups is 1. The Hall–Kier alpha value is -4.62. The number of benzene rings is 3. The minimum atomic E-state index is -4.78. The summed E-state index contributed by atoms with van der Waals surface area (Å²) in [6.07, 6.45) is -9.44. The van der Waals surface area contributed by atoms with E-state index in [1.54, 1.807) is 42.3 Å². The molecule has 10 nitrogen and oxygen atoms in total. The van der Waals surface area contributed by atoms with E-state index < -0.39 is 43.0 Å². The van der Waals surface area contributed by atoms with Crippen LogP contribution in [0.25, 0.3) is 11.1 Å². The number of anilines is 1. The van der Waals surface area contributed by atoms with Gasteiger partial charge in [0.05, 0.1) is 12.6 Å². The summed E-state index contributed by atoms with van der Waals surface area (Å²) in [6.45, 7) is -1.28. The molecule has 0 unspecified atom stereocenters. The summed E-state index contributed by atoms with van der Waals surface area (Å²) in [7, 11) is 1.80. The zero-order valence-corrected chi connectivity index (χ0v) is 23.6. The third-order valence-electron chi connectivity index (χ3n) is 7.00. The van der Waals surface area contributed by atoms with Crippen LogP contribution in [0.4, 0.5) is 24.0 Å². The van der Waals surface area contributed by atoms with Gasteiger partial charge in [0.25, 0.3) is 11.9 Å². The Morgan fingerprint density at radius 2 is 1.80 bits per heavy atom. The number of alkyl halides is 3. The highest BCUT2D eigenvalue weighted by Gasteiger charge is 2.45. The van der Waals surface area contributed by atoms with E-state index in [0.29, 0.717) is 23.9 Å².